The van der Waals surface area contributed by atoms with Crippen LogP contribution in [0.15, 0.2) is 54.6 Å². The van der Waals surface area contributed by atoms with Gasteiger partial charge in [-0.15, -0.1) is 0 Å². The molecule has 4 aromatic carbocycles. The molecule has 0 atom stereocenters. The van der Waals surface area contributed by atoms with Crippen molar-refractivity contribution in [2.24, 2.45) is 0 Å². The molecule has 0 aromatic heterocycles. The Morgan fingerprint density at radius 3 is 1.85 bits per heavy atom. The molecule has 4 nitrogen and oxygen atoms in total. The molecule has 0 fully saturated rings. The summed E-state index contributed by atoms with van der Waals surface area (Å²) in [6.45, 7) is 0.559. The fourth-order valence-corrected chi connectivity index (χ4v) is 4.85. The molecule has 0 aliphatic rings. The first-order valence-corrected chi connectivity index (χ1v) is 12.3. The van der Waals surface area contributed by atoms with Crippen molar-refractivity contribution < 1.29 is 14.7 Å². The predicted octanol–water partition coefficient (Wildman–Crippen LogP) is 7.19. The van der Waals surface area contributed by atoms with Gasteiger partial charge in [0.05, 0.1) is 0 Å². The molecule has 4 aromatic rings. The topological polar surface area (TPSA) is 66.4 Å². The molecule has 172 valence electrons. The molecule has 1 amide bonds. The highest BCUT2D eigenvalue weighted by Gasteiger charge is 2.11. The second kappa shape index (κ2) is 11.1. The van der Waals surface area contributed by atoms with Crippen molar-refractivity contribution in [3.63, 3.8) is 0 Å². The molecule has 4 rings (SSSR count). The number of benzene rings is 4. The zero-order valence-corrected chi connectivity index (χ0v) is 19.2. The van der Waals surface area contributed by atoms with E-state index in [4.69, 9.17) is 5.11 Å². The van der Waals surface area contributed by atoms with Crippen LogP contribution >= 0.6 is 0 Å². The van der Waals surface area contributed by atoms with Crippen molar-refractivity contribution in [2.45, 2.75) is 70.8 Å². The van der Waals surface area contributed by atoms with Gasteiger partial charge in [0, 0.05) is 19.4 Å². The van der Waals surface area contributed by atoms with Crippen molar-refractivity contribution in [2.75, 3.05) is 0 Å². The van der Waals surface area contributed by atoms with E-state index in [1.54, 1.807) is 0 Å². The normalized spacial score (nSPS) is 11.5. The van der Waals surface area contributed by atoms with Crippen LogP contribution in [0.3, 0.4) is 0 Å². The molecule has 0 unspecified atom stereocenters. The fourth-order valence-electron chi connectivity index (χ4n) is 4.85. The van der Waals surface area contributed by atoms with Crippen LogP contribution in [0, 0.1) is 0 Å². The molecule has 0 saturated carbocycles. The number of amides is 1. The van der Waals surface area contributed by atoms with E-state index in [1.807, 2.05) is 0 Å². The molecule has 0 aliphatic carbocycles. The first-order chi connectivity index (χ1) is 16.1. The number of carbonyl (C=O) groups excluding carboxylic acids is 1. The van der Waals surface area contributed by atoms with Crippen molar-refractivity contribution >= 4 is 44.2 Å². The van der Waals surface area contributed by atoms with Gasteiger partial charge in [0.25, 0.3) is 0 Å². The van der Waals surface area contributed by atoms with E-state index in [-0.39, 0.29) is 12.3 Å². The monoisotopic (exact) mass is 443 g/mol. The smallest absolute Gasteiger partial charge is 0.303 e. The van der Waals surface area contributed by atoms with Gasteiger partial charge in [-0.1, -0.05) is 93.1 Å². The third-order valence-electron chi connectivity index (χ3n) is 6.64. The quantitative estimate of drug-likeness (QED) is 0.170. The Hall–Kier alpha value is -3.14. The average molecular weight is 444 g/mol. The van der Waals surface area contributed by atoms with Crippen LogP contribution in [0.1, 0.15) is 69.8 Å². The maximum absolute atomic E-state index is 12.4. The standard InChI is InChI=1S/C29H33NO3/c31-26(12-7-5-3-1-2-4-6-8-13-27(32)33)30-20-24-17-16-23-15-14-21-10-9-11-22-18-19-25(24)29(23)28(21)22/h9-11,14-19H,1-8,12-13,20H2,(H,30,31)(H,32,33). The van der Waals surface area contributed by atoms with Crippen LogP contribution in [0.4, 0.5) is 0 Å². The van der Waals surface area contributed by atoms with Crippen LogP contribution in [0.2, 0.25) is 0 Å². The van der Waals surface area contributed by atoms with Gasteiger partial charge in [0.15, 0.2) is 0 Å². The summed E-state index contributed by atoms with van der Waals surface area (Å²) >= 11 is 0. The van der Waals surface area contributed by atoms with Crippen molar-refractivity contribution in [3.8, 4) is 0 Å². The van der Waals surface area contributed by atoms with Gasteiger partial charge in [0.2, 0.25) is 5.91 Å². The maximum atomic E-state index is 12.4. The number of carboxylic acid groups (broad SMARTS) is 1. The van der Waals surface area contributed by atoms with Gasteiger partial charge in [0.1, 0.15) is 0 Å². The summed E-state index contributed by atoms with van der Waals surface area (Å²) in [7, 11) is 0. The zero-order valence-electron chi connectivity index (χ0n) is 19.2. The fraction of sp³-hybridized carbons (Fsp3) is 0.379. The highest BCUT2D eigenvalue weighted by atomic mass is 16.4. The Balaban J connectivity index is 1.22. The van der Waals surface area contributed by atoms with Gasteiger partial charge >= 0.3 is 5.97 Å². The number of hydrogen-bond donors (Lipinski definition) is 2. The Bertz CT molecular complexity index is 1210. The minimum absolute atomic E-state index is 0.120. The van der Waals surface area contributed by atoms with E-state index >= 15 is 0 Å². The van der Waals surface area contributed by atoms with Gasteiger partial charge in [-0.3, -0.25) is 9.59 Å². The molecule has 0 heterocycles. The molecule has 0 radical (unpaired) electrons. The zero-order chi connectivity index (χ0) is 23.0. The molecule has 0 aliphatic heterocycles. The number of carbonyl (C=O) groups is 2. The molecular formula is C29H33NO3. The van der Waals surface area contributed by atoms with Crippen molar-refractivity contribution in [1.29, 1.82) is 0 Å². The minimum atomic E-state index is -0.701. The van der Waals surface area contributed by atoms with E-state index in [2.05, 4.69) is 59.9 Å². The summed E-state index contributed by atoms with van der Waals surface area (Å²) in [5.74, 6) is -0.582. The number of hydrogen-bond acceptors (Lipinski definition) is 2. The van der Waals surface area contributed by atoms with Gasteiger partial charge in [-0.05, 0) is 50.7 Å². The first-order valence-electron chi connectivity index (χ1n) is 12.3. The second-order valence-electron chi connectivity index (χ2n) is 9.08. The predicted molar refractivity (Wildman–Crippen MR) is 136 cm³/mol. The lowest BCUT2D eigenvalue weighted by Gasteiger charge is -2.14. The summed E-state index contributed by atoms with van der Waals surface area (Å²) < 4.78 is 0. The molecule has 0 bridgehead atoms. The lowest BCUT2D eigenvalue weighted by atomic mass is 9.92. The molecular weight excluding hydrogens is 410 g/mol. The maximum Gasteiger partial charge on any atom is 0.303 e. The van der Waals surface area contributed by atoms with Gasteiger partial charge in [-0.2, -0.15) is 0 Å². The molecule has 33 heavy (non-hydrogen) atoms. The average Bonchev–Trinajstić information content (AvgIpc) is 2.82. The van der Waals surface area contributed by atoms with E-state index in [1.165, 1.54) is 32.3 Å². The highest BCUT2D eigenvalue weighted by molar-refractivity contribution is 6.23. The van der Waals surface area contributed by atoms with Gasteiger partial charge in [-0.25, -0.2) is 0 Å². The number of carboxylic acids is 1. The summed E-state index contributed by atoms with van der Waals surface area (Å²) in [4.78, 5) is 22.9. The minimum Gasteiger partial charge on any atom is -0.481 e. The van der Waals surface area contributed by atoms with Crippen LogP contribution < -0.4 is 5.32 Å². The number of rotatable bonds is 13. The summed E-state index contributed by atoms with van der Waals surface area (Å²) in [6, 6.07) is 19.5. The first kappa shape index (κ1) is 23.0. The Morgan fingerprint density at radius 1 is 0.636 bits per heavy atom. The molecule has 2 N–H and O–H groups in total. The Kier molecular flexibility index (Phi) is 7.77. The lowest BCUT2D eigenvalue weighted by Crippen LogP contribution is -2.22. The Morgan fingerprint density at radius 2 is 1.18 bits per heavy atom. The SMILES string of the molecule is O=C(O)CCCCCCCCCCC(=O)NCc1ccc2ccc3cccc4ccc1c2c34. The van der Waals surface area contributed by atoms with Crippen molar-refractivity contribution in [3.05, 3.63) is 60.2 Å². The molecule has 4 heteroatoms. The number of unbranched alkanes of at least 4 members (excludes halogenated alkanes) is 7. The van der Waals surface area contributed by atoms with Crippen molar-refractivity contribution in [1.82, 2.24) is 5.32 Å². The lowest BCUT2D eigenvalue weighted by molar-refractivity contribution is -0.137. The third-order valence-corrected chi connectivity index (χ3v) is 6.64. The van der Waals surface area contributed by atoms with E-state index in [0.29, 0.717) is 13.0 Å². The van der Waals surface area contributed by atoms with Crippen LogP contribution in [0.5, 0.6) is 0 Å². The van der Waals surface area contributed by atoms with E-state index in [0.717, 1.165) is 56.9 Å². The van der Waals surface area contributed by atoms with E-state index in [9.17, 15) is 9.59 Å². The third kappa shape index (κ3) is 5.81. The summed E-state index contributed by atoms with van der Waals surface area (Å²) in [5.41, 5.74) is 1.16. The van der Waals surface area contributed by atoms with E-state index < -0.39 is 5.97 Å². The Labute approximate surface area is 195 Å². The van der Waals surface area contributed by atoms with Crippen LogP contribution in [0.25, 0.3) is 32.3 Å². The van der Waals surface area contributed by atoms with Gasteiger partial charge < -0.3 is 10.4 Å². The summed E-state index contributed by atoms with van der Waals surface area (Å²) in [5, 5.41) is 19.3. The molecule has 0 spiro atoms. The van der Waals surface area contributed by atoms with Crippen LogP contribution in [-0.2, 0) is 16.1 Å². The summed E-state index contributed by atoms with van der Waals surface area (Å²) in [6.07, 6.45) is 9.18. The van der Waals surface area contributed by atoms with Crippen LogP contribution in [-0.4, -0.2) is 17.0 Å². The second-order valence-corrected chi connectivity index (χ2v) is 9.08. The number of nitrogens with one attached hydrogen (secondary N) is 1. The molecule has 0 saturated heterocycles. The largest absolute Gasteiger partial charge is 0.481 e. The number of aliphatic carboxylic acids is 1. The highest BCUT2D eigenvalue weighted by Crippen LogP contribution is 2.35.